The average molecular weight is 215 g/mol. The molecule has 3 heteroatoms. The van der Waals surface area contributed by atoms with Gasteiger partial charge in [0.05, 0.1) is 0 Å². The van der Waals surface area contributed by atoms with E-state index in [0.29, 0.717) is 0 Å². The zero-order valence-electron chi connectivity index (χ0n) is 9.63. The summed E-state index contributed by atoms with van der Waals surface area (Å²) in [6.45, 7) is 4.27. The Bertz CT molecular complexity index is 380. The number of nitrogens with zero attached hydrogens (tertiary/aromatic N) is 3. The highest BCUT2D eigenvalue weighted by Crippen LogP contribution is 2.33. The first-order valence-corrected chi connectivity index (χ1v) is 6.01. The summed E-state index contributed by atoms with van der Waals surface area (Å²) in [4.78, 5) is 11.2. The molecule has 16 heavy (non-hydrogen) atoms. The summed E-state index contributed by atoms with van der Waals surface area (Å²) in [6, 6.07) is 0. The average Bonchev–Trinajstić information content (AvgIpc) is 2.73. The molecule has 1 aromatic rings. The van der Waals surface area contributed by atoms with Crippen molar-refractivity contribution in [1.82, 2.24) is 9.97 Å². The summed E-state index contributed by atoms with van der Waals surface area (Å²) in [5, 5.41) is 0. The van der Waals surface area contributed by atoms with E-state index in [1.165, 1.54) is 12.8 Å². The topological polar surface area (TPSA) is 29.0 Å². The monoisotopic (exact) mass is 215 g/mol. The first kappa shape index (κ1) is 9.82. The molecule has 84 valence electrons. The molecule has 2 aliphatic rings. The van der Waals surface area contributed by atoms with E-state index in [1.807, 2.05) is 19.3 Å². The molecule has 0 saturated carbocycles. The van der Waals surface area contributed by atoms with Gasteiger partial charge in [-0.1, -0.05) is 12.2 Å². The molecule has 0 amide bonds. The Morgan fingerprint density at radius 3 is 2.19 bits per heavy atom. The van der Waals surface area contributed by atoms with E-state index in [-0.39, 0.29) is 0 Å². The summed E-state index contributed by atoms with van der Waals surface area (Å²) < 4.78 is 0. The molecule has 2 heterocycles. The molecule has 0 N–H and O–H groups in total. The second-order valence-corrected chi connectivity index (χ2v) is 4.93. The van der Waals surface area contributed by atoms with Gasteiger partial charge in [-0.15, -0.1) is 0 Å². The second kappa shape index (κ2) is 3.89. The molecule has 2 atom stereocenters. The Morgan fingerprint density at radius 2 is 1.62 bits per heavy atom. The van der Waals surface area contributed by atoms with Gasteiger partial charge in [-0.25, -0.2) is 9.97 Å². The molecule has 0 bridgehead atoms. The van der Waals surface area contributed by atoms with Crippen molar-refractivity contribution in [1.29, 1.82) is 0 Å². The van der Waals surface area contributed by atoms with E-state index in [4.69, 9.17) is 0 Å². The molecule has 1 fully saturated rings. The Labute approximate surface area is 96.2 Å². The minimum Gasteiger partial charge on any atom is -0.340 e. The quantitative estimate of drug-likeness (QED) is 0.672. The molecule has 1 aliphatic heterocycles. The van der Waals surface area contributed by atoms with Crippen molar-refractivity contribution in [3.63, 3.8) is 0 Å². The smallest absolute Gasteiger partial charge is 0.225 e. The van der Waals surface area contributed by atoms with E-state index >= 15 is 0 Å². The molecule has 0 spiro atoms. The second-order valence-electron chi connectivity index (χ2n) is 4.93. The number of aromatic nitrogens is 2. The van der Waals surface area contributed by atoms with Gasteiger partial charge >= 0.3 is 0 Å². The van der Waals surface area contributed by atoms with Crippen molar-refractivity contribution in [3.05, 3.63) is 30.1 Å². The highest BCUT2D eigenvalue weighted by Gasteiger charge is 2.33. The third-order valence-electron chi connectivity index (χ3n) is 3.67. The fourth-order valence-corrected chi connectivity index (χ4v) is 2.73. The lowest BCUT2D eigenvalue weighted by atomic mass is 9.86. The van der Waals surface area contributed by atoms with Crippen molar-refractivity contribution < 1.29 is 0 Å². The maximum atomic E-state index is 4.41. The van der Waals surface area contributed by atoms with E-state index < -0.39 is 0 Å². The van der Waals surface area contributed by atoms with Crippen LogP contribution in [0.5, 0.6) is 0 Å². The van der Waals surface area contributed by atoms with Crippen molar-refractivity contribution >= 4 is 5.95 Å². The zero-order valence-corrected chi connectivity index (χ0v) is 9.63. The normalized spacial score (nSPS) is 28.2. The van der Waals surface area contributed by atoms with Gasteiger partial charge in [0, 0.05) is 25.5 Å². The van der Waals surface area contributed by atoms with Gasteiger partial charge in [-0.2, -0.15) is 0 Å². The minimum absolute atomic E-state index is 0.815. The fourth-order valence-electron chi connectivity index (χ4n) is 2.73. The van der Waals surface area contributed by atoms with Crippen LogP contribution in [0, 0.1) is 18.8 Å². The van der Waals surface area contributed by atoms with Crippen LogP contribution in [0.3, 0.4) is 0 Å². The number of hydrogen-bond acceptors (Lipinski definition) is 3. The molecule has 0 radical (unpaired) electrons. The Kier molecular flexibility index (Phi) is 2.39. The molecule has 1 aromatic heterocycles. The van der Waals surface area contributed by atoms with Crippen molar-refractivity contribution in [3.8, 4) is 0 Å². The summed E-state index contributed by atoms with van der Waals surface area (Å²) >= 11 is 0. The lowest BCUT2D eigenvalue weighted by molar-refractivity contribution is 0.411. The summed E-state index contributed by atoms with van der Waals surface area (Å²) in [5.41, 5.74) is 1.13. The van der Waals surface area contributed by atoms with Gasteiger partial charge in [-0.05, 0) is 37.2 Å². The third-order valence-corrected chi connectivity index (χ3v) is 3.67. The van der Waals surface area contributed by atoms with Crippen LogP contribution in [0.15, 0.2) is 24.5 Å². The highest BCUT2D eigenvalue weighted by molar-refractivity contribution is 5.32. The molecule has 1 aliphatic carbocycles. The van der Waals surface area contributed by atoms with Crippen LogP contribution in [-0.4, -0.2) is 23.1 Å². The van der Waals surface area contributed by atoms with Gasteiger partial charge in [0.1, 0.15) is 0 Å². The number of rotatable bonds is 1. The lowest BCUT2D eigenvalue weighted by Crippen LogP contribution is -2.22. The van der Waals surface area contributed by atoms with Crippen LogP contribution in [0.4, 0.5) is 5.95 Å². The van der Waals surface area contributed by atoms with Gasteiger partial charge in [0.2, 0.25) is 5.95 Å². The van der Waals surface area contributed by atoms with Crippen LogP contribution >= 0.6 is 0 Å². The maximum absolute atomic E-state index is 4.41. The SMILES string of the molecule is Cc1cnc(N2CC3CC=CCC3C2)nc1. The first-order valence-electron chi connectivity index (χ1n) is 6.01. The third kappa shape index (κ3) is 1.70. The van der Waals surface area contributed by atoms with Gasteiger partial charge in [-0.3, -0.25) is 0 Å². The molecular formula is C13H17N3. The Balaban J connectivity index is 1.76. The van der Waals surface area contributed by atoms with Crippen molar-refractivity contribution in [2.75, 3.05) is 18.0 Å². The summed E-state index contributed by atoms with van der Waals surface area (Å²) in [7, 11) is 0. The van der Waals surface area contributed by atoms with E-state index in [1.54, 1.807) is 0 Å². The number of fused-ring (bicyclic) bond motifs is 1. The number of anilines is 1. The fraction of sp³-hybridized carbons (Fsp3) is 0.538. The van der Waals surface area contributed by atoms with Crippen molar-refractivity contribution in [2.24, 2.45) is 11.8 Å². The lowest BCUT2D eigenvalue weighted by Gasteiger charge is -2.17. The number of aryl methyl sites for hydroxylation is 1. The zero-order chi connectivity index (χ0) is 11.0. The Hall–Kier alpha value is -1.38. The predicted molar refractivity (Wildman–Crippen MR) is 64.3 cm³/mol. The summed E-state index contributed by atoms with van der Waals surface area (Å²) in [6.07, 6.45) is 10.9. The van der Waals surface area contributed by atoms with Crippen LogP contribution in [-0.2, 0) is 0 Å². The van der Waals surface area contributed by atoms with E-state index in [2.05, 4.69) is 27.0 Å². The first-order chi connectivity index (χ1) is 7.83. The van der Waals surface area contributed by atoms with Gasteiger partial charge in [0.15, 0.2) is 0 Å². The van der Waals surface area contributed by atoms with Crippen LogP contribution in [0.25, 0.3) is 0 Å². The van der Waals surface area contributed by atoms with Gasteiger partial charge < -0.3 is 4.90 Å². The standard InChI is InChI=1S/C13H17N3/c1-10-6-14-13(15-7-10)16-8-11-4-2-3-5-12(11)9-16/h2-3,6-7,11-12H,4-5,8-9H2,1H3. The summed E-state index contributed by atoms with van der Waals surface area (Å²) in [5.74, 6) is 2.53. The maximum Gasteiger partial charge on any atom is 0.225 e. The number of allylic oxidation sites excluding steroid dienone is 2. The van der Waals surface area contributed by atoms with E-state index in [9.17, 15) is 0 Å². The number of hydrogen-bond donors (Lipinski definition) is 0. The van der Waals surface area contributed by atoms with Crippen LogP contribution in [0.1, 0.15) is 18.4 Å². The molecule has 0 aromatic carbocycles. The van der Waals surface area contributed by atoms with E-state index in [0.717, 1.165) is 36.4 Å². The minimum atomic E-state index is 0.815. The molecule has 1 saturated heterocycles. The van der Waals surface area contributed by atoms with Crippen molar-refractivity contribution in [2.45, 2.75) is 19.8 Å². The predicted octanol–water partition coefficient (Wildman–Crippen LogP) is 2.19. The van der Waals surface area contributed by atoms with Crippen LogP contribution < -0.4 is 4.90 Å². The molecule has 2 unspecified atom stereocenters. The molecule has 3 rings (SSSR count). The highest BCUT2D eigenvalue weighted by atomic mass is 15.3. The molecule has 3 nitrogen and oxygen atoms in total. The largest absolute Gasteiger partial charge is 0.340 e. The Morgan fingerprint density at radius 1 is 1.06 bits per heavy atom. The molecular weight excluding hydrogens is 198 g/mol. The van der Waals surface area contributed by atoms with Gasteiger partial charge in [0.25, 0.3) is 0 Å². The van der Waals surface area contributed by atoms with Crippen LogP contribution in [0.2, 0.25) is 0 Å².